The molecule has 3 aromatic rings. The van der Waals surface area contributed by atoms with E-state index < -0.39 is 0 Å². The van der Waals surface area contributed by atoms with Crippen LogP contribution in [0, 0.1) is 0 Å². The molecule has 4 rings (SSSR count). The van der Waals surface area contributed by atoms with E-state index in [1.165, 1.54) is 0 Å². The molecule has 128 valence electrons. The van der Waals surface area contributed by atoms with Crippen molar-refractivity contribution >= 4 is 11.6 Å². The van der Waals surface area contributed by atoms with Crippen molar-refractivity contribution in [3.8, 4) is 17.3 Å². The third kappa shape index (κ3) is 3.26. The van der Waals surface area contributed by atoms with Crippen LogP contribution in [0.1, 0.15) is 24.7 Å². The summed E-state index contributed by atoms with van der Waals surface area (Å²) in [6.45, 7) is 0.140. The Bertz CT molecular complexity index is 895. The fourth-order valence-corrected chi connectivity index (χ4v) is 2.67. The first-order valence-corrected chi connectivity index (χ1v) is 8.16. The van der Waals surface area contributed by atoms with Gasteiger partial charge in [0.05, 0.1) is 12.8 Å². The number of aromatic nitrogens is 3. The Hall–Kier alpha value is -3.09. The summed E-state index contributed by atoms with van der Waals surface area (Å²) in [6, 6.07) is 11.0. The highest BCUT2D eigenvalue weighted by molar-refractivity contribution is 5.92. The molecule has 7 heteroatoms. The van der Waals surface area contributed by atoms with Crippen LogP contribution in [0.4, 0.5) is 5.69 Å². The van der Waals surface area contributed by atoms with Crippen LogP contribution in [0.3, 0.4) is 0 Å². The van der Waals surface area contributed by atoms with Crippen LogP contribution in [-0.2, 0) is 11.3 Å². The molecular formula is C18H18N4O3. The minimum Gasteiger partial charge on any atom is -0.495 e. The monoisotopic (exact) mass is 338 g/mol. The lowest BCUT2D eigenvalue weighted by atomic mass is 10.3. The second-order valence-corrected chi connectivity index (χ2v) is 5.99. The van der Waals surface area contributed by atoms with Gasteiger partial charge >= 0.3 is 0 Å². The first kappa shape index (κ1) is 15.4. The Kier molecular flexibility index (Phi) is 3.97. The Morgan fingerprint density at radius 2 is 2.12 bits per heavy atom. The molecule has 0 aliphatic heterocycles. The maximum absolute atomic E-state index is 12.4. The standard InChI is InChI=1S/C18H18N4O3/c1-24-15-7-3-2-5-13(15)19-16(23)11-22-10-4-6-14(22)18-21-20-17(25-18)12-8-9-12/h2-7,10,12H,8-9,11H2,1H3,(H,19,23). The predicted molar refractivity (Wildman–Crippen MR) is 91.3 cm³/mol. The molecule has 1 fully saturated rings. The van der Waals surface area contributed by atoms with Gasteiger partial charge in [0.1, 0.15) is 18.0 Å². The molecule has 0 saturated heterocycles. The average Bonchev–Trinajstić information content (AvgIpc) is 3.17. The lowest BCUT2D eigenvalue weighted by molar-refractivity contribution is -0.116. The van der Waals surface area contributed by atoms with Crippen molar-refractivity contribution in [3.63, 3.8) is 0 Å². The molecule has 0 bridgehead atoms. The van der Waals surface area contributed by atoms with Gasteiger partial charge in [0.2, 0.25) is 11.8 Å². The Balaban J connectivity index is 1.49. The van der Waals surface area contributed by atoms with Gasteiger partial charge < -0.3 is 19.0 Å². The highest BCUT2D eigenvalue weighted by atomic mass is 16.5. The summed E-state index contributed by atoms with van der Waals surface area (Å²) in [5, 5.41) is 11.1. The lowest BCUT2D eigenvalue weighted by Gasteiger charge is -2.11. The molecular weight excluding hydrogens is 320 g/mol. The predicted octanol–water partition coefficient (Wildman–Crippen LogP) is 3.06. The molecule has 1 N–H and O–H groups in total. The lowest BCUT2D eigenvalue weighted by Crippen LogP contribution is -2.19. The van der Waals surface area contributed by atoms with E-state index in [0.29, 0.717) is 29.1 Å². The molecule has 1 amide bonds. The number of anilines is 1. The van der Waals surface area contributed by atoms with Crippen molar-refractivity contribution in [1.29, 1.82) is 0 Å². The Labute approximate surface area is 144 Å². The van der Waals surface area contributed by atoms with Crippen LogP contribution in [0.2, 0.25) is 0 Å². The normalized spacial score (nSPS) is 13.6. The number of benzene rings is 1. The third-order valence-corrected chi connectivity index (χ3v) is 4.11. The molecule has 0 atom stereocenters. The van der Waals surface area contributed by atoms with Crippen molar-refractivity contribution in [2.24, 2.45) is 0 Å². The van der Waals surface area contributed by atoms with E-state index >= 15 is 0 Å². The molecule has 25 heavy (non-hydrogen) atoms. The molecule has 2 heterocycles. The van der Waals surface area contributed by atoms with E-state index in [0.717, 1.165) is 18.5 Å². The second kappa shape index (κ2) is 6.43. The number of carbonyl (C=O) groups excluding carboxylic acids is 1. The van der Waals surface area contributed by atoms with Crippen molar-refractivity contribution in [2.75, 3.05) is 12.4 Å². The van der Waals surface area contributed by atoms with Crippen LogP contribution < -0.4 is 10.1 Å². The van der Waals surface area contributed by atoms with Gasteiger partial charge in [0.15, 0.2) is 0 Å². The van der Waals surface area contributed by atoms with Crippen LogP contribution >= 0.6 is 0 Å². The van der Waals surface area contributed by atoms with Crippen molar-refractivity contribution in [3.05, 3.63) is 48.5 Å². The SMILES string of the molecule is COc1ccccc1NC(=O)Cn1cccc1-c1nnc(C2CC2)o1. The van der Waals surface area contributed by atoms with Gasteiger partial charge in [-0.3, -0.25) is 4.79 Å². The highest BCUT2D eigenvalue weighted by Crippen LogP contribution is 2.39. The quantitative estimate of drug-likeness (QED) is 0.747. The number of rotatable bonds is 6. The fraction of sp³-hybridized carbons (Fsp3) is 0.278. The molecule has 1 aliphatic carbocycles. The molecule has 1 aliphatic rings. The minimum absolute atomic E-state index is 0.140. The van der Waals surface area contributed by atoms with Gasteiger partial charge in [-0.05, 0) is 37.1 Å². The zero-order chi connectivity index (χ0) is 17.2. The number of carbonyl (C=O) groups is 1. The average molecular weight is 338 g/mol. The molecule has 0 spiro atoms. The van der Waals surface area contributed by atoms with Gasteiger partial charge in [-0.25, -0.2) is 0 Å². The number of para-hydroxylation sites is 2. The van der Waals surface area contributed by atoms with Crippen LogP contribution in [0.15, 0.2) is 47.0 Å². The van der Waals surface area contributed by atoms with E-state index in [4.69, 9.17) is 9.15 Å². The van der Waals surface area contributed by atoms with Crippen molar-refractivity contribution in [1.82, 2.24) is 14.8 Å². The van der Waals surface area contributed by atoms with E-state index in [1.54, 1.807) is 23.8 Å². The maximum Gasteiger partial charge on any atom is 0.264 e. The van der Waals surface area contributed by atoms with Gasteiger partial charge in [0.25, 0.3) is 5.89 Å². The summed E-state index contributed by atoms with van der Waals surface area (Å²) < 4.78 is 12.8. The minimum atomic E-state index is -0.163. The largest absolute Gasteiger partial charge is 0.495 e. The van der Waals surface area contributed by atoms with Gasteiger partial charge in [0, 0.05) is 12.1 Å². The summed E-state index contributed by atoms with van der Waals surface area (Å²) in [5.41, 5.74) is 1.37. The van der Waals surface area contributed by atoms with Crippen LogP contribution in [0.5, 0.6) is 5.75 Å². The topological polar surface area (TPSA) is 82.2 Å². The highest BCUT2D eigenvalue weighted by Gasteiger charge is 2.30. The summed E-state index contributed by atoms with van der Waals surface area (Å²) in [5.74, 6) is 1.98. The molecule has 1 saturated carbocycles. The van der Waals surface area contributed by atoms with Gasteiger partial charge in [-0.2, -0.15) is 0 Å². The molecule has 7 nitrogen and oxygen atoms in total. The molecule has 0 radical (unpaired) electrons. The number of nitrogens with zero attached hydrogens (tertiary/aromatic N) is 3. The van der Waals surface area contributed by atoms with E-state index in [1.807, 2.05) is 30.5 Å². The van der Waals surface area contributed by atoms with Crippen LogP contribution in [-0.4, -0.2) is 27.8 Å². The fourth-order valence-electron chi connectivity index (χ4n) is 2.67. The molecule has 0 unspecified atom stereocenters. The molecule has 1 aromatic carbocycles. The van der Waals surface area contributed by atoms with Crippen molar-refractivity contribution < 1.29 is 13.9 Å². The number of methoxy groups -OCH3 is 1. The summed E-state index contributed by atoms with van der Waals surface area (Å²) in [4.78, 5) is 12.4. The third-order valence-electron chi connectivity index (χ3n) is 4.11. The second-order valence-electron chi connectivity index (χ2n) is 5.99. The number of amides is 1. The zero-order valence-corrected chi connectivity index (χ0v) is 13.8. The Morgan fingerprint density at radius 1 is 1.28 bits per heavy atom. The molecule has 2 aromatic heterocycles. The first-order valence-electron chi connectivity index (χ1n) is 8.16. The first-order chi connectivity index (χ1) is 12.2. The smallest absolute Gasteiger partial charge is 0.264 e. The van der Waals surface area contributed by atoms with Crippen LogP contribution in [0.25, 0.3) is 11.6 Å². The van der Waals surface area contributed by atoms with Crippen molar-refractivity contribution in [2.45, 2.75) is 25.3 Å². The van der Waals surface area contributed by atoms with Gasteiger partial charge in [-0.1, -0.05) is 12.1 Å². The Morgan fingerprint density at radius 3 is 2.92 bits per heavy atom. The van der Waals surface area contributed by atoms with Gasteiger partial charge in [-0.15, -0.1) is 10.2 Å². The summed E-state index contributed by atoms with van der Waals surface area (Å²) in [6.07, 6.45) is 4.02. The zero-order valence-electron chi connectivity index (χ0n) is 13.8. The van der Waals surface area contributed by atoms with E-state index in [-0.39, 0.29) is 12.5 Å². The number of nitrogens with one attached hydrogen (secondary N) is 1. The number of hydrogen-bond donors (Lipinski definition) is 1. The summed E-state index contributed by atoms with van der Waals surface area (Å²) in [7, 11) is 1.57. The summed E-state index contributed by atoms with van der Waals surface area (Å²) >= 11 is 0. The number of ether oxygens (including phenoxy) is 1. The van der Waals surface area contributed by atoms with E-state index in [2.05, 4.69) is 15.5 Å². The van der Waals surface area contributed by atoms with E-state index in [9.17, 15) is 4.79 Å². The number of hydrogen-bond acceptors (Lipinski definition) is 5. The maximum atomic E-state index is 12.4.